The fourth-order valence-electron chi connectivity index (χ4n) is 0.811. The number of carbonyl (C=O) groups excluding carboxylic acids is 1. The molecule has 1 aliphatic rings. The van der Waals surface area contributed by atoms with Crippen LogP contribution in [0.25, 0.3) is 0 Å². The monoisotopic (exact) mass is 153 g/mol. The van der Waals surface area contributed by atoms with Crippen molar-refractivity contribution < 1.29 is 9.53 Å². The second-order valence-electron chi connectivity index (χ2n) is 2.52. The van der Waals surface area contributed by atoms with E-state index < -0.39 is 5.97 Å². The Kier molecular flexibility index (Phi) is 2.94. The van der Waals surface area contributed by atoms with Crippen LogP contribution in [0.2, 0.25) is 0 Å². The molecule has 0 bridgehead atoms. The first-order valence-electron chi connectivity index (χ1n) is 3.60. The summed E-state index contributed by atoms with van der Waals surface area (Å²) in [5, 5.41) is 3.13. The number of carbonyl (C=O) groups is 1. The molecule has 0 saturated carbocycles. The summed E-state index contributed by atoms with van der Waals surface area (Å²) in [5.74, 6) is 5.35. The van der Waals surface area contributed by atoms with Gasteiger partial charge in [0.05, 0.1) is 7.11 Å². The third-order valence-corrected chi connectivity index (χ3v) is 1.63. The Morgan fingerprint density at radius 3 is 2.91 bits per heavy atom. The lowest BCUT2D eigenvalue weighted by molar-refractivity contribution is -0.133. The molecule has 0 aromatic rings. The summed E-state index contributed by atoms with van der Waals surface area (Å²) in [4.78, 5) is 10.5. The first-order chi connectivity index (χ1) is 5.33. The number of methoxy groups -OCH3 is 1. The van der Waals surface area contributed by atoms with E-state index in [1.807, 2.05) is 0 Å². The Labute approximate surface area is 66.1 Å². The van der Waals surface area contributed by atoms with Gasteiger partial charge < -0.3 is 10.1 Å². The Balaban J connectivity index is 2.16. The highest BCUT2D eigenvalue weighted by Gasteiger charge is 2.14. The molecule has 0 amide bonds. The third kappa shape index (κ3) is 2.60. The van der Waals surface area contributed by atoms with Crippen LogP contribution >= 0.6 is 0 Å². The van der Waals surface area contributed by atoms with Crippen LogP contribution in [0.3, 0.4) is 0 Å². The van der Waals surface area contributed by atoms with Gasteiger partial charge in [-0.3, -0.25) is 0 Å². The molecule has 3 nitrogen and oxygen atoms in total. The van der Waals surface area contributed by atoms with Gasteiger partial charge in [-0.2, -0.15) is 0 Å². The molecular formula is C8H11NO2. The number of esters is 1. The van der Waals surface area contributed by atoms with Crippen LogP contribution in [0.4, 0.5) is 0 Å². The minimum absolute atomic E-state index is 0.447. The molecule has 3 heteroatoms. The van der Waals surface area contributed by atoms with Crippen molar-refractivity contribution in [1.29, 1.82) is 0 Å². The average Bonchev–Trinajstić information content (AvgIpc) is 1.94. The van der Waals surface area contributed by atoms with E-state index in [1.54, 1.807) is 0 Å². The largest absolute Gasteiger partial charge is 0.459 e. The molecule has 0 radical (unpaired) electrons. The van der Waals surface area contributed by atoms with Gasteiger partial charge in [-0.25, -0.2) is 4.79 Å². The van der Waals surface area contributed by atoms with Crippen LogP contribution in [-0.2, 0) is 9.53 Å². The van der Waals surface area contributed by atoms with Gasteiger partial charge in [-0.1, -0.05) is 5.92 Å². The summed E-state index contributed by atoms with van der Waals surface area (Å²) in [6, 6.07) is 0. The molecule has 0 aromatic heterocycles. The van der Waals surface area contributed by atoms with Gasteiger partial charge in [0.1, 0.15) is 0 Å². The molecule has 1 N–H and O–H groups in total. The summed E-state index contributed by atoms with van der Waals surface area (Å²) >= 11 is 0. The molecule has 0 aromatic carbocycles. The molecule has 60 valence electrons. The van der Waals surface area contributed by atoms with Crippen LogP contribution in [0.5, 0.6) is 0 Å². The fourth-order valence-corrected chi connectivity index (χ4v) is 0.811. The smallest absolute Gasteiger partial charge is 0.384 e. The van der Waals surface area contributed by atoms with Crippen LogP contribution in [-0.4, -0.2) is 26.2 Å². The van der Waals surface area contributed by atoms with E-state index in [4.69, 9.17) is 0 Å². The summed E-state index contributed by atoms with van der Waals surface area (Å²) in [7, 11) is 1.34. The number of ether oxygens (including phenoxy) is 1. The number of rotatable bonds is 1. The van der Waals surface area contributed by atoms with Crippen molar-refractivity contribution in [1.82, 2.24) is 5.32 Å². The van der Waals surface area contributed by atoms with Crippen LogP contribution < -0.4 is 5.32 Å². The van der Waals surface area contributed by atoms with E-state index >= 15 is 0 Å². The van der Waals surface area contributed by atoms with E-state index in [1.165, 1.54) is 7.11 Å². The summed E-state index contributed by atoms with van der Waals surface area (Å²) < 4.78 is 4.36. The molecule has 0 atom stereocenters. The highest BCUT2D eigenvalue weighted by atomic mass is 16.5. The van der Waals surface area contributed by atoms with E-state index in [-0.39, 0.29) is 0 Å². The second kappa shape index (κ2) is 3.99. The van der Waals surface area contributed by atoms with Gasteiger partial charge in [-0.05, 0) is 5.92 Å². The predicted octanol–water partition coefficient (Wildman–Crippen LogP) is -0.228. The van der Waals surface area contributed by atoms with E-state index in [0.29, 0.717) is 5.92 Å². The van der Waals surface area contributed by atoms with Gasteiger partial charge in [0.15, 0.2) is 0 Å². The first kappa shape index (κ1) is 8.09. The zero-order valence-corrected chi connectivity index (χ0v) is 6.52. The van der Waals surface area contributed by atoms with Crippen molar-refractivity contribution in [2.45, 2.75) is 6.42 Å². The molecule has 0 aliphatic carbocycles. The van der Waals surface area contributed by atoms with Crippen molar-refractivity contribution in [3.05, 3.63) is 0 Å². The summed E-state index contributed by atoms with van der Waals surface area (Å²) in [5.41, 5.74) is 0. The SMILES string of the molecule is COC(=O)C#CCC1CNC1. The lowest BCUT2D eigenvalue weighted by atomic mass is 10.0. The normalized spacial score (nSPS) is 16.1. The maximum atomic E-state index is 10.5. The molecule has 1 saturated heterocycles. The van der Waals surface area contributed by atoms with E-state index in [9.17, 15) is 4.79 Å². The van der Waals surface area contributed by atoms with Crippen molar-refractivity contribution in [2.75, 3.05) is 20.2 Å². The predicted molar refractivity (Wildman–Crippen MR) is 40.8 cm³/mol. The zero-order chi connectivity index (χ0) is 8.10. The fraction of sp³-hybridized carbons (Fsp3) is 0.625. The maximum Gasteiger partial charge on any atom is 0.384 e. The summed E-state index contributed by atoms with van der Waals surface area (Å²) in [6.07, 6.45) is 0.794. The second-order valence-corrected chi connectivity index (χ2v) is 2.52. The van der Waals surface area contributed by atoms with Crippen molar-refractivity contribution in [2.24, 2.45) is 5.92 Å². The lowest BCUT2D eigenvalue weighted by Gasteiger charge is -2.24. The van der Waals surface area contributed by atoms with Crippen molar-refractivity contribution in [3.63, 3.8) is 0 Å². The number of nitrogens with one attached hydrogen (secondary N) is 1. The van der Waals surface area contributed by atoms with Gasteiger partial charge in [0.25, 0.3) is 0 Å². The topological polar surface area (TPSA) is 38.3 Å². The third-order valence-electron chi connectivity index (χ3n) is 1.63. The molecule has 1 aliphatic heterocycles. The van der Waals surface area contributed by atoms with Crippen molar-refractivity contribution in [3.8, 4) is 11.8 Å². The molecule has 1 fully saturated rings. The van der Waals surface area contributed by atoms with Crippen molar-refractivity contribution >= 4 is 5.97 Å². The minimum Gasteiger partial charge on any atom is -0.459 e. The van der Waals surface area contributed by atoms with Gasteiger partial charge in [-0.15, -0.1) is 0 Å². The van der Waals surface area contributed by atoms with Gasteiger partial charge in [0.2, 0.25) is 0 Å². The number of hydrogen-bond acceptors (Lipinski definition) is 3. The lowest BCUT2D eigenvalue weighted by Crippen LogP contribution is -2.41. The highest BCUT2D eigenvalue weighted by Crippen LogP contribution is 2.05. The number of hydrogen-bond donors (Lipinski definition) is 1. The van der Waals surface area contributed by atoms with Gasteiger partial charge in [0, 0.05) is 25.4 Å². The zero-order valence-electron chi connectivity index (χ0n) is 6.52. The standard InChI is InChI=1S/C8H11NO2/c1-11-8(10)4-2-3-7-5-9-6-7/h7,9H,3,5-6H2,1H3. The summed E-state index contributed by atoms with van der Waals surface area (Å²) in [6.45, 7) is 2.05. The maximum absolute atomic E-state index is 10.5. The van der Waals surface area contributed by atoms with Gasteiger partial charge >= 0.3 is 5.97 Å². The van der Waals surface area contributed by atoms with Crippen LogP contribution in [0.1, 0.15) is 6.42 Å². The Hall–Kier alpha value is -1.01. The molecule has 0 spiro atoms. The molecule has 1 rings (SSSR count). The Morgan fingerprint density at radius 1 is 1.73 bits per heavy atom. The Morgan fingerprint density at radius 2 is 2.45 bits per heavy atom. The molecular weight excluding hydrogens is 142 g/mol. The molecule has 1 heterocycles. The quantitative estimate of drug-likeness (QED) is 0.321. The Bertz CT molecular complexity index is 198. The van der Waals surface area contributed by atoms with E-state index in [0.717, 1.165) is 19.5 Å². The highest BCUT2D eigenvalue weighted by molar-refractivity contribution is 5.88. The molecule has 0 unspecified atom stereocenters. The van der Waals surface area contributed by atoms with Crippen LogP contribution in [0.15, 0.2) is 0 Å². The molecule has 11 heavy (non-hydrogen) atoms. The van der Waals surface area contributed by atoms with Crippen LogP contribution in [0, 0.1) is 17.8 Å². The van der Waals surface area contributed by atoms with E-state index in [2.05, 4.69) is 21.9 Å². The minimum atomic E-state index is -0.447. The first-order valence-corrected chi connectivity index (χ1v) is 3.60. The average molecular weight is 153 g/mol.